The number of rotatable bonds is 6. The molecule has 1 atom stereocenters. The van der Waals surface area contributed by atoms with Gasteiger partial charge < -0.3 is 14.6 Å². The Kier molecular flexibility index (Phi) is 5.40. The van der Waals surface area contributed by atoms with Crippen LogP contribution < -0.4 is 4.74 Å². The highest BCUT2D eigenvalue weighted by molar-refractivity contribution is 5.66. The molecule has 24 heavy (non-hydrogen) atoms. The van der Waals surface area contributed by atoms with Crippen LogP contribution in [0.2, 0.25) is 0 Å². The van der Waals surface area contributed by atoms with Crippen LogP contribution in [0, 0.1) is 0 Å². The van der Waals surface area contributed by atoms with Crippen molar-refractivity contribution < 1.29 is 19.4 Å². The Morgan fingerprint density at radius 1 is 1.29 bits per heavy atom. The first-order valence-corrected chi connectivity index (χ1v) is 7.95. The van der Waals surface area contributed by atoms with Gasteiger partial charge in [-0.1, -0.05) is 18.2 Å². The summed E-state index contributed by atoms with van der Waals surface area (Å²) in [5.41, 5.74) is 1.06. The number of ether oxygens (including phenoxy) is 2. The summed E-state index contributed by atoms with van der Waals surface area (Å²) < 4.78 is 11.5. The zero-order valence-corrected chi connectivity index (χ0v) is 13.3. The molecule has 1 fully saturated rings. The van der Waals surface area contributed by atoms with Gasteiger partial charge in [0, 0.05) is 31.9 Å². The lowest BCUT2D eigenvalue weighted by Crippen LogP contribution is -2.39. The zero-order chi connectivity index (χ0) is 16.8. The zero-order valence-electron chi connectivity index (χ0n) is 13.3. The van der Waals surface area contributed by atoms with Crippen molar-refractivity contribution in [2.75, 3.05) is 26.2 Å². The van der Waals surface area contributed by atoms with Crippen molar-refractivity contribution in [1.29, 1.82) is 0 Å². The largest absolute Gasteiger partial charge is 0.481 e. The second kappa shape index (κ2) is 7.90. The van der Waals surface area contributed by atoms with Gasteiger partial charge in [0.15, 0.2) is 0 Å². The Hall–Kier alpha value is -2.44. The highest BCUT2D eigenvalue weighted by atomic mass is 16.5. The second-order valence-electron chi connectivity index (χ2n) is 5.64. The monoisotopic (exact) mass is 328 g/mol. The SMILES string of the molecule is O=C(O)CCN1CCOC(c2ccc(Oc3ccccn3)cc2)C1. The van der Waals surface area contributed by atoms with Gasteiger partial charge in [-0.25, -0.2) is 4.98 Å². The third-order valence-electron chi connectivity index (χ3n) is 3.90. The molecule has 3 rings (SSSR count). The molecule has 1 aliphatic rings. The molecule has 0 aliphatic carbocycles. The third kappa shape index (κ3) is 4.53. The molecule has 0 saturated carbocycles. The number of aliphatic carboxylic acids is 1. The standard InChI is InChI=1S/C18H20N2O4/c21-18(22)8-10-20-11-12-23-16(13-20)14-4-6-15(7-5-14)24-17-3-1-2-9-19-17/h1-7,9,16H,8,10-13H2,(H,21,22). The summed E-state index contributed by atoms with van der Waals surface area (Å²) in [7, 11) is 0. The summed E-state index contributed by atoms with van der Waals surface area (Å²) in [5, 5.41) is 8.80. The minimum Gasteiger partial charge on any atom is -0.481 e. The van der Waals surface area contributed by atoms with Gasteiger partial charge >= 0.3 is 5.97 Å². The lowest BCUT2D eigenvalue weighted by atomic mass is 10.1. The van der Waals surface area contributed by atoms with Gasteiger partial charge in [0.25, 0.3) is 0 Å². The maximum absolute atomic E-state index is 10.7. The number of benzene rings is 1. The molecule has 1 aromatic heterocycles. The molecule has 0 bridgehead atoms. The van der Waals surface area contributed by atoms with Crippen LogP contribution in [0.4, 0.5) is 0 Å². The summed E-state index contributed by atoms with van der Waals surface area (Å²) >= 11 is 0. The van der Waals surface area contributed by atoms with Gasteiger partial charge in [-0.2, -0.15) is 0 Å². The molecule has 126 valence electrons. The number of pyridine rings is 1. The van der Waals surface area contributed by atoms with Crippen LogP contribution in [0.15, 0.2) is 48.7 Å². The van der Waals surface area contributed by atoms with E-state index in [1.165, 1.54) is 0 Å². The van der Waals surface area contributed by atoms with Gasteiger partial charge in [0.05, 0.1) is 19.1 Å². The smallest absolute Gasteiger partial charge is 0.304 e. The van der Waals surface area contributed by atoms with E-state index in [1.54, 1.807) is 12.3 Å². The number of hydrogen-bond donors (Lipinski definition) is 1. The van der Waals surface area contributed by atoms with E-state index in [1.807, 2.05) is 36.4 Å². The van der Waals surface area contributed by atoms with E-state index < -0.39 is 5.97 Å². The Morgan fingerprint density at radius 2 is 2.12 bits per heavy atom. The van der Waals surface area contributed by atoms with Crippen molar-refractivity contribution in [2.45, 2.75) is 12.5 Å². The summed E-state index contributed by atoms with van der Waals surface area (Å²) in [6.45, 7) is 2.63. The number of aromatic nitrogens is 1. The summed E-state index contributed by atoms with van der Waals surface area (Å²) in [6, 6.07) is 13.3. The molecule has 2 aromatic rings. The van der Waals surface area contributed by atoms with Crippen molar-refractivity contribution in [3.63, 3.8) is 0 Å². The second-order valence-corrected chi connectivity index (χ2v) is 5.64. The highest BCUT2D eigenvalue weighted by Gasteiger charge is 2.22. The van der Waals surface area contributed by atoms with Crippen molar-refractivity contribution in [3.05, 3.63) is 54.2 Å². The Balaban J connectivity index is 1.59. The van der Waals surface area contributed by atoms with E-state index >= 15 is 0 Å². The molecule has 2 heterocycles. The quantitative estimate of drug-likeness (QED) is 0.879. The molecular weight excluding hydrogens is 308 g/mol. The minimum atomic E-state index is -0.769. The van der Waals surface area contributed by atoms with Crippen LogP contribution in [0.1, 0.15) is 18.1 Å². The fourth-order valence-corrected chi connectivity index (χ4v) is 2.64. The number of hydrogen-bond acceptors (Lipinski definition) is 5. The highest BCUT2D eigenvalue weighted by Crippen LogP contribution is 2.26. The summed E-state index contributed by atoms with van der Waals surface area (Å²) in [5.74, 6) is 0.504. The molecule has 0 spiro atoms. The molecule has 0 amide bonds. The Morgan fingerprint density at radius 3 is 2.83 bits per heavy atom. The van der Waals surface area contributed by atoms with Crippen LogP contribution in [-0.4, -0.2) is 47.2 Å². The first kappa shape index (κ1) is 16.4. The summed E-state index contributed by atoms with van der Waals surface area (Å²) in [4.78, 5) is 17.0. The third-order valence-corrected chi connectivity index (χ3v) is 3.90. The lowest BCUT2D eigenvalue weighted by Gasteiger charge is -2.32. The van der Waals surface area contributed by atoms with E-state index in [0.717, 1.165) is 17.9 Å². The fraction of sp³-hybridized carbons (Fsp3) is 0.333. The Bertz CT molecular complexity index is 660. The first-order valence-electron chi connectivity index (χ1n) is 7.95. The number of nitrogens with zero attached hydrogens (tertiary/aromatic N) is 2. The number of carbonyl (C=O) groups is 1. The van der Waals surface area contributed by atoms with E-state index in [-0.39, 0.29) is 12.5 Å². The molecule has 1 aromatic carbocycles. The normalized spacial score (nSPS) is 18.2. The van der Waals surface area contributed by atoms with Gasteiger partial charge in [0.2, 0.25) is 5.88 Å². The topological polar surface area (TPSA) is 71.9 Å². The van der Waals surface area contributed by atoms with E-state index in [4.69, 9.17) is 14.6 Å². The average molecular weight is 328 g/mol. The first-order chi connectivity index (χ1) is 11.7. The van der Waals surface area contributed by atoms with Crippen LogP contribution in [0.25, 0.3) is 0 Å². The molecule has 1 saturated heterocycles. The minimum absolute atomic E-state index is 0.0450. The van der Waals surface area contributed by atoms with Crippen LogP contribution >= 0.6 is 0 Å². The van der Waals surface area contributed by atoms with Crippen LogP contribution in [0.5, 0.6) is 11.6 Å². The maximum atomic E-state index is 10.7. The van der Waals surface area contributed by atoms with E-state index in [0.29, 0.717) is 25.6 Å². The maximum Gasteiger partial charge on any atom is 0.304 e. The molecule has 1 N–H and O–H groups in total. The van der Waals surface area contributed by atoms with Gasteiger partial charge in [-0.15, -0.1) is 0 Å². The predicted octanol–water partition coefficient (Wildman–Crippen LogP) is 2.72. The molecule has 6 heteroatoms. The van der Waals surface area contributed by atoms with Crippen molar-refractivity contribution in [2.24, 2.45) is 0 Å². The van der Waals surface area contributed by atoms with Crippen LogP contribution in [0.3, 0.4) is 0 Å². The predicted molar refractivity (Wildman–Crippen MR) is 88.1 cm³/mol. The van der Waals surface area contributed by atoms with Crippen molar-refractivity contribution >= 4 is 5.97 Å². The van der Waals surface area contributed by atoms with Gasteiger partial charge in [-0.3, -0.25) is 9.69 Å². The van der Waals surface area contributed by atoms with E-state index in [2.05, 4.69) is 9.88 Å². The number of morpholine rings is 1. The van der Waals surface area contributed by atoms with Crippen molar-refractivity contribution in [3.8, 4) is 11.6 Å². The number of carboxylic acid groups (broad SMARTS) is 1. The van der Waals surface area contributed by atoms with Gasteiger partial charge in [0.1, 0.15) is 5.75 Å². The molecule has 6 nitrogen and oxygen atoms in total. The summed E-state index contributed by atoms with van der Waals surface area (Å²) in [6.07, 6.45) is 1.80. The van der Waals surface area contributed by atoms with Crippen LogP contribution in [-0.2, 0) is 9.53 Å². The van der Waals surface area contributed by atoms with E-state index in [9.17, 15) is 4.79 Å². The fourth-order valence-electron chi connectivity index (χ4n) is 2.64. The lowest BCUT2D eigenvalue weighted by molar-refractivity contribution is -0.137. The average Bonchev–Trinajstić information content (AvgIpc) is 2.62. The van der Waals surface area contributed by atoms with Crippen molar-refractivity contribution in [1.82, 2.24) is 9.88 Å². The molecular formula is C18H20N2O4. The molecule has 0 radical (unpaired) electrons. The Labute approximate surface area is 140 Å². The van der Waals surface area contributed by atoms with Gasteiger partial charge in [-0.05, 0) is 23.8 Å². The number of carboxylic acids is 1. The molecule has 1 unspecified atom stereocenters. The molecule has 1 aliphatic heterocycles.